The van der Waals surface area contributed by atoms with Crippen LogP contribution in [0.3, 0.4) is 0 Å². The monoisotopic (exact) mass is 327 g/mol. The van der Waals surface area contributed by atoms with E-state index in [1.54, 1.807) is 6.20 Å². The number of carbonyl (C=O) groups is 2. The van der Waals surface area contributed by atoms with Gasteiger partial charge < -0.3 is 10.6 Å². The van der Waals surface area contributed by atoms with Gasteiger partial charge in [-0.15, -0.1) is 0 Å². The highest BCUT2D eigenvalue weighted by Gasteiger charge is 2.28. The average Bonchev–Trinajstić information content (AvgIpc) is 3.02. The first-order valence-corrected chi connectivity index (χ1v) is 8.36. The highest BCUT2D eigenvalue weighted by molar-refractivity contribution is 8.14. The summed E-state index contributed by atoms with van der Waals surface area (Å²) in [5.74, 6) is 0.337. The number of benzene rings is 1. The van der Waals surface area contributed by atoms with Gasteiger partial charge in [-0.2, -0.15) is 0 Å². The van der Waals surface area contributed by atoms with Gasteiger partial charge in [-0.1, -0.05) is 42.1 Å². The molecule has 1 aliphatic rings. The van der Waals surface area contributed by atoms with E-state index >= 15 is 0 Å². The van der Waals surface area contributed by atoms with Crippen LogP contribution in [-0.4, -0.2) is 27.9 Å². The summed E-state index contributed by atoms with van der Waals surface area (Å²) < 4.78 is 0. The van der Waals surface area contributed by atoms with Crippen LogP contribution in [0.15, 0.2) is 48.8 Å². The Morgan fingerprint density at radius 3 is 2.70 bits per heavy atom. The summed E-state index contributed by atoms with van der Waals surface area (Å²) in [6.07, 6.45) is 3.57. The van der Waals surface area contributed by atoms with E-state index in [1.807, 2.05) is 49.5 Å². The third-order valence-corrected chi connectivity index (χ3v) is 4.63. The third-order valence-electron chi connectivity index (χ3n) is 3.75. The molecule has 0 radical (unpaired) electrons. The predicted octanol–water partition coefficient (Wildman–Crippen LogP) is 2.75. The summed E-state index contributed by atoms with van der Waals surface area (Å²) >= 11 is 1.14. The summed E-state index contributed by atoms with van der Waals surface area (Å²) in [5, 5.41) is 5.44. The lowest BCUT2D eigenvalue weighted by molar-refractivity contribution is -0.122. The summed E-state index contributed by atoms with van der Waals surface area (Å²) in [5.41, 5.74) is 3.16. The molecule has 0 spiro atoms. The molecular formula is C17H17N3O2S. The molecule has 1 aliphatic heterocycles. The number of amides is 2. The number of hydrogen-bond acceptors (Lipinski definition) is 4. The fourth-order valence-corrected chi connectivity index (χ4v) is 3.20. The fourth-order valence-electron chi connectivity index (χ4n) is 2.42. The number of nitrogens with one attached hydrogen (secondary N) is 2. The Labute approximate surface area is 138 Å². The van der Waals surface area contributed by atoms with Crippen molar-refractivity contribution in [3.63, 3.8) is 0 Å². The Kier molecular flexibility index (Phi) is 4.62. The van der Waals surface area contributed by atoms with Gasteiger partial charge in [0.1, 0.15) is 6.04 Å². The van der Waals surface area contributed by atoms with Crippen molar-refractivity contribution in [2.75, 3.05) is 5.75 Å². The van der Waals surface area contributed by atoms with E-state index in [1.165, 1.54) is 0 Å². The van der Waals surface area contributed by atoms with E-state index in [2.05, 4.69) is 15.6 Å². The van der Waals surface area contributed by atoms with Crippen LogP contribution >= 0.6 is 11.8 Å². The van der Waals surface area contributed by atoms with E-state index in [0.717, 1.165) is 28.5 Å². The maximum absolute atomic E-state index is 12.1. The van der Waals surface area contributed by atoms with Crippen molar-refractivity contribution >= 4 is 22.9 Å². The minimum absolute atomic E-state index is 0.118. The first-order valence-electron chi connectivity index (χ1n) is 7.37. The molecular weight excluding hydrogens is 310 g/mol. The zero-order valence-electron chi connectivity index (χ0n) is 12.7. The van der Waals surface area contributed by atoms with Crippen LogP contribution in [0, 0.1) is 0 Å². The van der Waals surface area contributed by atoms with Crippen LogP contribution in [-0.2, 0) is 4.79 Å². The predicted molar refractivity (Wildman–Crippen MR) is 91.0 cm³/mol. The molecule has 6 heteroatoms. The minimum atomic E-state index is -0.440. The van der Waals surface area contributed by atoms with Gasteiger partial charge in [-0.25, -0.2) is 0 Å². The summed E-state index contributed by atoms with van der Waals surface area (Å²) in [7, 11) is 0. The molecule has 0 saturated carbocycles. The molecule has 23 heavy (non-hydrogen) atoms. The molecule has 2 unspecified atom stereocenters. The molecule has 0 bridgehead atoms. The van der Waals surface area contributed by atoms with Gasteiger partial charge >= 0.3 is 0 Å². The van der Waals surface area contributed by atoms with Gasteiger partial charge in [0.2, 0.25) is 5.91 Å². The maximum atomic E-state index is 12.1. The lowest BCUT2D eigenvalue weighted by Crippen LogP contribution is -2.43. The number of rotatable bonds is 4. The van der Waals surface area contributed by atoms with E-state index in [4.69, 9.17) is 0 Å². The Bertz CT molecular complexity index is 704. The molecule has 2 atom stereocenters. The molecule has 1 fully saturated rings. The van der Waals surface area contributed by atoms with Crippen LogP contribution in [0.5, 0.6) is 0 Å². The fraction of sp³-hybridized carbons (Fsp3) is 0.235. The normalized spacial score (nSPS) is 18.3. The van der Waals surface area contributed by atoms with Gasteiger partial charge in [-0.3, -0.25) is 14.6 Å². The van der Waals surface area contributed by atoms with E-state index < -0.39 is 6.04 Å². The molecule has 118 valence electrons. The Hall–Kier alpha value is -2.34. The van der Waals surface area contributed by atoms with E-state index in [9.17, 15) is 9.59 Å². The average molecular weight is 327 g/mol. The van der Waals surface area contributed by atoms with Gasteiger partial charge in [-0.05, 0) is 29.7 Å². The Balaban J connectivity index is 1.65. The molecule has 2 amide bonds. The van der Waals surface area contributed by atoms with Crippen LogP contribution in [0.25, 0.3) is 11.1 Å². The maximum Gasteiger partial charge on any atom is 0.279 e. The molecule has 1 aromatic heterocycles. The number of aromatic nitrogens is 1. The molecule has 2 heterocycles. The van der Waals surface area contributed by atoms with Crippen molar-refractivity contribution < 1.29 is 9.59 Å². The number of carbonyl (C=O) groups excluding carboxylic acids is 2. The van der Waals surface area contributed by atoms with Crippen LogP contribution in [0.1, 0.15) is 18.5 Å². The minimum Gasteiger partial charge on any atom is -0.348 e. The largest absolute Gasteiger partial charge is 0.348 e. The summed E-state index contributed by atoms with van der Waals surface area (Å²) in [4.78, 5) is 27.4. The number of nitrogens with zero attached hydrogens (tertiary/aromatic N) is 1. The summed E-state index contributed by atoms with van der Waals surface area (Å²) in [6.45, 7) is 1.93. The summed E-state index contributed by atoms with van der Waals surface area (Å²) in [6, 6.07) is 11.4. The van der Waals surface area contributed by atoms with Crippen molar-refractivity contribution in [3.8, 4) is 11.1 Å². The SMILES string of the molecule is CC(NC(=O)C1CSC(=O)N1)c1ccc(-c2cccnc2)cc1. The number of pyridine rings is 1. The van der Waals surface area contributed by atoms with Crippen molar-refractivity contribution in [1.82, 2.24) is 15.6 Å². The van der Waals surface area contributed by atoms with Crippen LogP contribution in [0.2, 0.25) is 0 Å². The molecule has 2 N–H and O–H groups in total. The van der Waals surface area contributed by atoms with E-state index in [-0.39, 0.29) is 17.2 Å². The second-order valence-corrected chi connectivity index (χ2v) is 6.38. The number of thioether (sulfide) groups is 1. The van der Waals surface area contributed by atoms with E-state index in [0.29, 0.717) is 5.75 Å². The zero-order valence-corrected chi connectivity index (χ0v) is 13.5. The quantitative estimate of drug-likeness (QED) is 0.906. The second kappa shape index (κ2) is 6.83. The first-order chi connectivity index (χ1) is 11.1. The van der Waals surface area contributed by atoms with Gasteiger partial charge in [0.05, 0.1) is 6.04 Å². The lowest BCUT2D eigenvalue weighted by Gasteiger charge is -2.17. The van der Waals surface area contributed by atoms with Gasteiger partial charge in [0.25, 0.3) is 5.24 Å². The smallest absolute Gasteiger partial charge is 0.279 e. The Morgan fingerprint density at radius 1 is 1.30 bits per heavy atom. The molecule has 1 saturated heterocycles. The standard InChI is InChI=1S/C17H17N3O2S/c1-11(19-16(21)15-10-23-17(22)20-15)12-4-6-13(7-5-12)14-3-2-8-18-9-14/h2-9,11,15H,10H2,1H3,(H,19,21)(H,20,22). The van der Waals surface area contributed by atoms with Crippen molar-refractivity contribution in [1.29, 1.82) is 0 Å². The third kappa shape index (κ3) is 3.71. The molecule has 0 aliphatic carbocycles. The highest BCUT2D eigenvalue weighted by atomic mass is 32.2. The highest BCUT2D eigenvalue weighted by Crippen LogP contribution is 2.21. The van der Waals surface area contributed by atoms with Gasteiger partial charge in [0.15, 0.2) is 0 Å². The Morgan fingerprint density at radius 2 is 2.09 bits per heavy atom. The molecule has 1 aromatic carbocycles. The van der Waals surface area contributed by atoms with Crippen molar-refractivity contribution in [2.45, 2.75) is 19.0 Å². The molecule has 2 aromatic rings. The first kappa shape index (κ1) is 15.6. The van der Waals surface area contributed by atoms with Crippen LogP contribution < -0.4 is 10.6 Å². The van der Waals surface area contributed by atoms with Crippen molar-refractivity contribution in [2.24, 2.45) is 0 Å². The second-order valence-electron chi connectivity index (χ2n) is 5.39. The zero-order chi connectivity index (χ0) is 16.2. The molecule has 3 rings (SSSR count). The number of hydrogen-bond donors (Lipinski definition) is 2. The van der Waals surface area contributed by atoms with Crippen molar-refractivity contribution in [3.05, 3.63) is 54.4 Å². The van der Waals surface area contributed by atoms with Crippen LogP contribution in [0.4, 0.5) is 4.79 Å². The lowest BCUT2D eigenvalue weighted by atomic mass is 10.0. The van der Waals surface area contributed by atoms with Gasteiger partial charge in [0, 0.05) is 18.1 Å². The molecule has 5 nitrogen and oxygen atoms in total. The topological polar surface area (TPSA) is 71.1 Å².